The van der Waals surface area contributed by atoms with Gasteiger partial charge in [0.05, 0.1) is 0 Å². The fourth-order valence-corrected chi connectivity index (χ4v) is 1.36. The summed E-state index contributed by atoms with van der Waals surface area (Å²) in [5, 5.41) is 41.7. The Balaban J connectivity index is 3.41. The van der Waals surface area contributed by atoms with E-state index in [0.717, 1.165) is 12.1 Å². The van der Waals surface area contributed by atoms with Crippen molar-refractivity contribution in [3.63, 3.8) is 0 Å². The van der Waals surface area contributed by atoms with E-state index in [-0.39, 0.29) is 5.56 Å². The van der Waals surface area contributed by atoms with Crippen LogP contribution in [0, 0.1) is 30.3 Å². The first-order chi connectivity index (χ1) is 8.35. The van der Waals surface area contributed by atoms with Gasteiger partial charge in [0.15, 0.2) is 14.8 Å². The SMILES string of the molecule is O=[N+]([O-])C(C(O)c1ccccc1)([N+](=O)[O-])[N+](=O)[O-]. The van der Waals surface area contributed by atoms with Gasteiger partial charge in [-0.25, -0.2) is 0 Å². The molecule has 18 heavy (non-hydrogen) atoms. The van der Waals surface area contributed by atoms with Crippen molar-refractivity contribution < 1.29 is 19.9 Å². The van der Waals surface area contributed by atoms with Crippen LogP contribution in [0.5, 0.6) is 0 Å². The molecule has 0 heterocycles. The molecule has 1 aromatic rings. The molecule has 0 aromatic heterocycles. The number of rotatable bonds is 5. The predicted octanol–water partition coefficient (Wildman–Crippen LogP) is 0.204. The van der Waals surface area contributed by atoms with Gasteiger partial charge < -0.3 is 5.11 Å². The van der Waals surface area contributed by atoms with Gasteiger partial charge in [-0.2, -0.15) is 0 Å². The van der Waals surface area contributed by atoms with E-state index >= 15 is 0 Å². The molecule has 1 atom stereocenters. The van der Waals surface area contributed by atoms with E-state index in [0.29, 0.717) is 0 Å². The third-order valence-electron chi connectivity index (χ3n) is 2.29. The number of benzene rings is 1. The number of aliphatic hydroxyl groups excluding tert-OH is 1. The summed E-state index contributed by atoms with van der Waals surface area (Å²) in [6.07, 6.45) is -2.50. The average molecular weight is 257 g/mol. The molecule has 0 amide bonds. The highest BCUT2D eigenvalue weighted by Gasteiger charge is 2.77. The number of nitrogens with zero attached hydrogens (tertiary/aromatic N) is 3. The monoisotopic (exact) mass is 257 g/mol. The molecule has 0 fully saturated rings. The lowest BCUT2D eigenvalue weighted by Gasteiger charge is -2.14. The molecule has 0 aliphatic heterocycles. The first-order valence-corrected chi connectivity index (χ1v) is 4.51. The van der Waals surface area contributed by atoms with Crippen LogP contribution in [0.15, 0.2) is 30.3 Å². The maximum absolute atomic E-state index is 10.7. The van der Waals surface area contributed by atoms with Gasteiger partial charge in [-0.15, -0.1) is 0 Å². The molecule has 10 heteroatoms. The van der Waals surface area contributed by atoms with Crippen molar-refractivity contribution >= 4 is 0 Å². The van der Waals surface area contributed by atoms with Gasteiger partial charge in [0, 0.05) is 5.56 Å². The Bertz CT molecular complexity index is 453. The summed E-state index contributed by atoms with van der Waals surface area (Å²) >= 11 is 0. The first kappa shape index (κ1) is 13.4. The van der Waals surface area contributed by atoms with Crippen LogP contribution in [0.3, 0.4) is 0 Å². The lowest BCUT2D eigenvalue weighted by atomic mass is 10.0. The molecule has 0 bridgehead atoms. The molecular weight excluding hydrogens is 250 g/mol. The molecule has 0 spiro atoms. The van der Waals surface area contributed by atoms with Crippen LogP contribution in [-0.4, -0.2) is 25.7 Å². The van der Waals surface area contributed by atoms with Crippen molar-refractivity contribution in [2.24, 2.45) is 0 Å². The predicted molar refractivity (Wildman–Crippen MR) is 55.1 cm³/mol. The Hall–Kier alpha value is -2.62. The molecule has 1 rings (SSSR count). The summed E-state index contributed by atoms with van der Waals surface area (Å²) in [7, 11) is 0. The molecule has 0 aliphatic carbocycles. The summed E-state index contributed by atoms with van der Waals surface area (Å²) in [5.74, 6) is -3.92. The Labute approximate surface area is 98.9 Å². The van der Waals surface area contributed by atoms with Crippen LogP contribution in [0.25, 0.3) is 0 Å². The molecule has 1 N–H and O–H groups in total. The van der Waals surface area contributed by atoms with Gasteiger partial charge in [-0.1, -0.05) is 30.3 Å². The fourth-order valence-electron chi connectivity index (χ4n) is 1.36. The van der Waals surface area contributed by atoms with E-state index in [1.165, 1.54) is 18.2 Å². The van der Waals surface area contributed by atoms with Crippen molar-refractivity contribution in [1.29, 1.82) is 0 Å². The topological polar surface area (TPSA) is 150 Å². The Morgan fingerprint density at radius 1 is 0.944 bits per heavy atom. The number of hydrogen-bond acceptors (Lipinski definition) is 7. The van der Waals surface area contributed by atoms with Gasteiger partial charge in [0.2, 0.25) is 0 Å². The Morgan fingerprint density at radius 3 is 1.67 bits per heavy atom. The zero-order valence-corrected chi connectivity index (χ0v) is 8.70. The molecule has 1 unspecified atom stereocenters. The molecular formula is C8H7N3O7. The normalized spacial score (nSPS) is 12.7. The van der Waals surface area contributed by atoms with Gasteiger partial charge in [-0.3, -0.25) is 30.3 Å². The third kappa shape index (κ3) is 1.84. The maximum atomic E-state index is 10.7. The molecule has 96 valence electrons. The highest BCUT2D eigenvalue weighted by Crippen LogP contribution is 2.29. The van der Waals surface area contributed by atoms with E-state index in [1.807, 2.05) is 0 Å². The smallest absolute Gasteiger partial charge is 0.368 e. The lowest BCUT2D eigenvalue weighted by Crippen LogP contribution is -2.57. The zero-order chi connectivity index (χ0) is 13.9. The number of hydrogen-bond donors (Lipinski definition) is 1. The van der Waals surface area contributed by atoms with E-state index in [4.69, 9.17) is 0 Å². The summed E-state index contributed by atoms with van der Waals surface area (Å²) in [6, 6.07) is 6.40. The van der Waals surface area contributed by atoms with Crippen molar-refractivity contribution in [2.75, 3.05) is 0 Å². The number of aliphatic hydroxyl groups is 1. The Kier molecular flexibility index (Phi) is 3.52. The molecule has 0 saturated carbocycles. The largest absolute Gasteiger partial charge is 0.730 e. The van der Waals surface area contributed by atoms with Crippen LogP contribution >= 0.6 is 0 Å². The van der Waals surface area contributed by atoms with Crippen LogP contribution in [0.2, 0.25) is 0 Å². The van der Waals surface area contributed by atoms with Crippen LogP contribution in [0.4, 0.5) is 0 Å². The Morgan fingerprint density at radius 2 is 1.33 bits per heavy atom. The highest BCUT2D eigenvalue weighted by atomic mass is 16.7. The van der Waals surface area contributed by atoms with Crippen LogP contribution < -0.4 is 0 Å². The van der Waals surface area contributed by atoms with Crippen molar-refractivity contribution in [3.05, 3.63) is 66.2 Å². The van der Waals surface area contributed by atoms with Gasteiger partial charge in [0.1, 0.15) is 0 Å². The maximum Gasteiger partial charge on any atom is 0.730 e. The van der Waals surface area contributed by atoms with E-state index in [2.05, 4.69) is 0 Å². The molecule has 0 saturated heterocycles. The summed E-state index contributed by atoms with van der Waals surface area (Å²) in [6.45, 7) is 0. The molecule has 1 aromatic carbocycles. The zero-order valence-electron chi connectivity index (χ0n) is 8.70. The number of nitro groups is 3. The average Bonchev–Trinajstić information content (AvgIpc) is 2.29. The van der Waals surface area contributed by atoms with Crippen molar-refractivity contribution in [2.45, 2.75) is 11.9 Å². The second kappa shape index (κ2) is 4.71. The standard InChI is InChI=1S/C8H7N3O7/c12-7(6-4-2-1-3-5-6)8(9(13)14,10(15)16)11(17)18/h1-5,7,12H. The van der Waals surface area contributed by atoms with Crippen molar-refractivity contribution in [1.82, 2.24) is 0 Å². The minimum absolute atomic E-state index is 0.289. The fraction of sp³-hybridized carbons (Fsp3) is 0.250. The van der Waals surface area contributed by atoms with Gasteiger partial charge in [0.25, 0.3) is 0 Å². The third-order valence-corrected chi connectivity index (χ3v) is 2.29. The van der Waals surface area contributed by atoms with Gasteiger partial charge >= 0.3 is 11.9 Å². The van der Waals surface area contributed by atoms with Crippen LogP contribution in [0.1, 0.15) is 11.7 Å². The highest BCUT2D eigenvalue weighted by molar-refractivity contribution is 5.18. The molecule has 0 aliphatic rings. The summed E-state index contributed by atoms with van der Waals surface area (Å²) < 4.78 is 0. The summed E-state index contributed by atoms with van der Waals surface area (Å²) in [4.78, 5) is 26.9. The van der Waals surface area contributed by atoms with Gasteiger partial charge in [-0.05, 0) is 0 Å². The molecule has 0 radical (unpaired) electrons. The summed E-state index contributed by atoms with van der Waals surface area (Å²) in [5.41, 5.74) is -0.289. The minimum atomic E-state index is -3.92. The quantitative estimate of drug-likeness (QED) is 0.449. The first-order valence-electron chi connectivity index (χ1n) is 4.51. The van der Waals surface area contributed by atoms with E-state index in [1.54, 1.807) is 0 Å². The molecule has 10 nitrogen and oxygen atoms in total. The second-order valence-corrected chi connectivity index (χ2v) is 3.27. The van der Waals surface area contributed by atoms with Crippen LogP contribution in [-0.2, 0) is 0 Å². The van der Waals surface area contributed by atoms with Crippen molar-refractivity contribution in [3.8, 4) is 0 Å². The van der Waals surface area contributed by atoms with E-state index in [9.17, 15) is 35.4 Å². The second-order valence-electron chi connectivity index (χ2n) is 3.27. The minimum Gasteiger partial charge on any atom is -0.368 e. The van der Waals surface area contributed by atoms with E-state index < -0.39 is 26.7 Å². The lowest BCUT2D eigenvalue weighted by molar-refractivity contribution is -0.979.